The molecule has 0 spiro atoms. The van der Waals surface area contributed by atoms with Gasteiger partial charge < -0.3 is 9.84 Å². The molecule has 0 aromatic rings. The molecule has 0 amide bonds. The fraction of sp³-hybridized carbons (Fsp3) is 0.929. The Hall–Kier alpha value is -0.570. The molecule has 2 aliphatic carbocycles. The minimum Gasteiger partial charge on any atom is -0.480 e. The lowest BCUT2D eigenvalue weighted by Crippen LogP contribution is -2.43. The first kappa shape index (κ1) is 12.9. The van der Waals surface area contributed by atoms with E-state index in [-0.39, 0.29) is 12.7 Å². The van der Waals surface area contributed by atoms with Crippen LogP contribution in [0.4, 0.5) is 0 Å². The van der Waals surface area contributed by atoms with Gasteiger partial charge in [-0.3, -0.25) is 0 Å². The zero-order chi connectivity index (χ0) is 12.4. The molecule has 0 radical (unpaired) electrons. The molecule has 3 heteroatoms. The third kappa shape index (κ3) is 3.01. The van der Waals surface area contributed by atoms with Crippen molar-refractivity contribution in [3.05, 3.63) is 0 Å². The smallest absolute Gasteiger partial charge is 0.329 e. The summed E-state index contributed by atoms with van der Waals surface area (Å²) in [7, 11) is 0. The van der Waals surface area contributed by atoms with E-state index < -0.39 is 5.97 Å². The summed E-state index contributed by atoms with van der Waals surface area (Å²) in [5, 5.41) is 8.76. The van der Waals surface area contributed by atoms with Crippen LogP contribution in [0.25, 0.3) is 0 Å². The molecule has 0 heterocycles. The van der Waals surface area contributed by atoms with Crippen molar-refractivity contribution < 1.29 is 14.6 Å². The predicted molar refractivity (Wildman–Crippen MR) is 65.8 cm³/mol. The molecule has 5 atom stereocenters. The third-order valence-corrected chi connectivity index (χ3v) is 4.57. The highest BCUT2D eigenvalue weighted by Crippen LogP contribution is 2.46. The van der Waals surface area contributed by atoms with Crippen LogP contribution < -0.4 is 0 Å². The molecule has 2 aliphatic rings. The van der Waals surface area contributed by atoms with Crippen molar-refractivity contribution in [2.24, 2.45) is 23.7 Å². The molecule has 5 unspecified atom stereocenters. The molecule has 0 aromatic carbocycles. The normalized spacial score (nSPS) is 41.2. The van der Waals surface area contributed by atoms with E-state index in [1.165, 1.54) is 25.7 Å². The molecule has 2 bridgehead atoms. The topological polar surface area (TPSA) is 46.5 Å². The largest absolute Gasteiger partial charge is 0.480 e. The molecule has 0 aliphatic heterocycles. The number of carboxylic acids is 1. The Labute approximate surface area is 104 Å². The van der Waals surface area contributed by atoms with Gasteiger partial charge in [0, 0.05) is 0 Å². The van der Waals surface area contributed by atoms with E-state index in [0.29, 0.717) is 11.8 Å². The Kier molecular flexibility index (Phi) is 4.08. The fourth-order valence-corrected chi connectivity index (χ4v) is 4.05. The van der Waals surface area contributed by atoms with Crippen LogP contribution in [0, 0.1) is 23.7 Å². The van der Waals surface area contributed by atoms with E-state index >= 15 is 0 Å². The Morgan fingerprint density at radius 2 is 2.06 bits per heavy atom. The molecule has 2 rings (SSSR count). The van der Waals surface area contributed by atoms with Crippen LogP contribution in [0.2, 0.25) is 0 Å². The van der Waals surface area contributed by atoms with Crippen molar-refractivity contribution in [1.29, 1.82) is 0 Å². The maximum atomic E-state index is 10.6. The Morgan fingerprint density at radius 1 is 1.29 bits per heavy atom. The van der Waals surface area contributed by atoms with Crippen LogP contribution in [-0.4, -0.2) is 23.8 Å². The van der Waals surface area contributed by atoms with Crippen molar-refractivity contribution >= 4 is 5.97 Å². The molecule has 2 saturated carbocycles. The SMILES string of the molecule is CCC1CC2CC(C)CC(C2)C1OCC(=O)O. The Bertz CT molecular complexity index is 275. The highest BCUT2D eigenvalue weighted by Gasteiger charge is 2.41. The summed E-state index contributed by atoms with van der Waals surface area (Å²) in [6.45, 7) is 4.39. The molecule has 0 aromatic heterocycles. The second-order valence-electron chi connectivity index (χ2n) is 6.01. The van der Waals surface area contributed by atoms with E-state index in [9.17, 15) is 4.79 Å². The second kappa shape index (κ2) is 5.38. The van der Waals surface area contributed by atoms with E-state index in [0.717, 1.165) is 18.3 Å². The average Bonchev–Trinajstić information content (AvgIpc) is 2.26. The van der Waals surface area contributed by atoms with Crippen LogP contribution in [0.3, 0.4) is 0 Å². The van der Waals surface area contributed by atoms with Gasteiger partial charge in [0.2, 0.25) is 0 Å². The van der Waals surface area contributed by atoms with Crippen molar-refractivity contribution in [1.82, 2.24) is 0 Å². The number of rotatable bonds is 4. The summed E-state index contributed by atoms with van der Waals surface area (Å²) >= 11 is 0. The summed E-state index contributed by atoms with van der Waals surface area (Å²) in [6, 6.07) is 0. The number of hydrogen-bond donors (Lipinski definition) is 1. The van der Waals surface area contributed by atoms with Gasteiger partial charge in [0.15, 0.2) is 0 Å². The van der Waals surface area contributed by atoms with Gasteiger partial charge in [-0.2, -0.15) is 0 Å². The second-order valence-corrected chi connectivity index (χ2v) is 6.01. The number of fused-ring (bicyclic) bond motifs is 2. The maximum absolute atomic E-state index is 10.6. The number of carboxylic acid groups (broad SMARTS) is 1. The highest BCUT2D eigenvalue weighted by atomic mass is 16.5. The van der Waals surface area contributed by atoms with Crippen LogP contribution in [0.15, 0.2) is 0 Å². The van der Waals surface area contributed by atoms with Crippen molar-refractivity contribution in [2.45, 2.75) is 52.1 Å². The first-order valence-corrected chi connectivity index (χ1v) is 6.93. The predicted octanol–water partition coefficient (Wildman–Crippen LogP) is 2.94. The van der Waals surface area contributed by atoms with Gasteiger partial charge in [0.25, 0.3) is 0 Å². The van der Waals surface area contributed by atoms with Crippen LogP contribution in [-0.2, 0) is 9.53 Å². The van der Waals surface area contributed by atoms with Crippen molar-refractivity contribution in [3.8, 4) is 0 Å². The molecule has 1 N–H and O–H groups in total. The molecule has 3 nitrogen and oxygen atoms in total. The molecule has 2 fully saturated rings. The van der Waals surface area contributed by atoms with Crippen LogP contribution >= 0.6 is 0 Å². The molecular formula is C14H24O3. The summed E-state index contributed by atoms with van der Waals surface area (Å²) in [5.41, 5.74) is 0. The summed E-state index contributed by atoms with van der Waals surface area (Å²) in [4.78, 5) is 10.6. The quantitative estimate of drug-likeness (QED) is 0.821. The van der Waals surface area contributed by atoms with Crippen molar-refractivity contribution in [3.63, 3.8) is 0 Å². The van der Waals surface area contributed by atoms with Crippen LogP contribution in [0.5, 0.6) is 0 Å². The fourth-order valence-electron chi connectivity index (χ4n) is 4.05. The number of aliphatic carboxylic acids is 1. The van der Waals surface area contributed by atoms with Crippen molar-refractivity contribution in [2.75, 3.05) is 6.61 Å². The minimum absolute atomic E-state index is 0.128. The number of carbonyl (C=O) groups is 1. The Morgan fingerprint density at radius 3 is 2.71 bits per heavy atom. The first-order chi connectivity index (χ1) is 8.10. The minimum atomic E-state index is -0.842. The van der Waals surface area contributed by atoms with Gasteiger partial charge in [-0.1, -0.05) is 20.3 Å². The first-order valence-electron chi connectivity index (χ1n) is 6.93. The zero-order valence-electron chi connectivity index (χ0n) is 10.9. The molecule has 98 valence electrons. The number of ether oxygens (including phenoxy) is 1. The Balaban J connectivity index is 2.01. The molecule has 0 saturated heterocycles. The van der Waals surface area contributed by atoms with Gasteiger partial charge >= 0.3 is 5.97 Å². The lowest BCUT2D eigenvalue weighted by molar-refractivity contribution is -0.151. The van der Waals surface area contributed by atoms with Gasteiger partial charge in [-0.05, 0) is 49.4 Å². The highest BCUT2D eigenvalue weighted by molar-refractivity contribution is 5.68. The van der Waals surface area contributed by atoms with E-state index in [4.69, 9.17) is 9.84 Å². The van der Waals surface area contributed by atoms with Gasteiger partial charge in [-0.15, -0.1) is 0 Å². The summed E-state index contributed by atoms with van der Waals surface area (Å²) in [6.07, 6.45) is 6.38. The number of hydrogen-bond acceptors (Lipinski definition) is 2. The van der Waals surface area contributed by atoms with Crippen LogP contribution in [0.1, 0.15) is 46.0 Å². The summed E-state index contributed by atoms with van der Waals surface area (Å²) < 4.78 is 5.68. The average molecular weight is 240 g/mol. The summed E-state index contributed by atoms with van der Waals surface area (Å²) in [5.74, 6) is 1.98. The molecular weight excluding hydrogens is 216 g/mol. The zero-order valence-corrected chi connectivity index (χ0v) is 10.9. The van der Waals surface area contributed by atoms with Gasteiger partial charge in [0.05, 0.1) is 6.10 Å². The van der Waals surface area contributed by atoms with E-state index in [2.05, 4.69) is 13.8 Å². The standard InChI is InChI=1S/C14H24O3/c1-3-11-6-10-4-9(2)5-12(7-10)14(11)17-8-13(15)16/h9-12,14H,3-8H2,1-2H3,(H,15,16). The lowest BCUT2D eigenvalue weighted by Gasteiger charge is -2.46. The molecule has 17 heavy (non-hydrogen) atoms. The lowest BCUT2D eigenvalue weighted by atomic mass is 9.63. The van der Waals surface area contributed by atoms with E-state index in [1.807, 2.05) is 0 Å². The van der Waals surface area contributed by atoms with Gasteiger partial charge in [-0.25, -0.2) is 4.79 Å². The maximum Gasteiger partial charge on any atom is 0.329 e. The monoisotopic (exact) mass is 240 g/mol. The van der Waals surface area contributed by atoms with Gasteiger partial charge in [0.1, 0.15) is 6.61 Å². The van der Waals surface area contributed by atoms with E-state index in [1.54, 1.807) is 0 Å². The third-order valence-electron chi connectivity index (χ3n) is 4.57.